The van der Waals surface area contributed by atoms with Gasteiger partial charge in [-0.3, -0.25) is 0 Å². The van der Waals surface area contributed by atoms with Crippen molar-refractivity contribution in [3.05, 3.63) is 204 Å². The fourth-order valence-corrected chi connectivity index (χ4v) is 9.17. The Kier molecular flexibility index (Phi) is 6.68. The summed E-state index contributed by atoms with van der Waals surface area (Å²) in [5, 5.41) is 0. The Labute approximate surface area is 296 Å². The summed E-state index contributed by atoms with van der Waals surface area (Å²) in [4.78, 5) is 12.7. The molecule has 1 aromatic heterocycles. The van der Waals surface area contributed by atoms with E-state index in [-0.39, 0.29) is 5.41 Å². The molecule has 1 spiro atoms. The third-order valence-corrected chi connectivity index (χ3v) is 11.3. The Bertz CT molecular complexity index is 2450. The first-order chi connectivity index (χ1) is 24.8. The zero-order chi connectivity index (χ0) is 33.1. The first-order valence-corrected chi connectivity index (χ1v) is 17.8. The van der Waals surface area contributed by atoms with Crippen molar-refractivity contribution in [1.29, 1.82) is 0 Å². The molecule has 234 valence electrons. The standard InChI is InChI=1S/C47H30N2S/c1-3-13-32(14-4-1)42-30-43(33-15-5-2-6-16-33)49-46(48-42)34-25-23-31(24-26-34)35-27-28-41-45(29-35)50-44-22-12-11-21-40(44)47(41)38-19-9-7-17-36(38)37-18-8-10-20-39(37)47/h1-30H. The van der Waals surface area contributed by atoms with E-state index in [9.17, 15) is 0 Å². The van der Waals surface area contributed by atoms with Crippen LogP contribution in [0.1, 0.15) is 22.3 Å². The molecule has 0 radical (unpaired) electrons. The fourth-order valence-electron chi connectivity index (χ4n) is 7.94. The van der Waals surface area contributed by atoms with Gasteiger partial charge < -0.3 is 0 Å². The average molecular weight is 655 g/mol. The maximum absolute atomic E-state index is 5.04. The van der Waals surface area contributed by atoms with Gasteiger partial charge >= 0.3 is 0 Å². The summed E-state index contributed by atoms with van der Waals surface area (Å²) in [7, 11) is 0. The van der Waals surface area contributed by atoms with E-state index in [1.165, 1.54) is 54.3 Å². The van der Waals surface area contributed by atoms with Crippen LogP contribution in [0, 0.1) is 0 Å². The van der Waals surface area contributed by atoms with Crippen LogP contribution in [0.5, 0.6) is 0 Å². The molecule has 0 atom stereocenters. The van der Waals surface area contributed by atoms with Crippen molar-refractivity contribution >= 4 is 11.8 Å². The van der Waals surface area contributed by atoms with Crippen molar-refractivity contribution in [2.45, 2.75) is 15.2 Å². The highest BCUT2D eigenvalue weighted by atomic mass is 32.2. The van der Waals surface area contributed by atoms with E-state index >= 15 is 0 Å². The summed E-state index contributed by atoms with van der Waals surface area (Å²) in [6, 6.07) is 65.4. The largest absolute Gasteiger partial charge is 0.228 e. The summed E-state index contributed by atoms with van der Waals surface area (Å²) < 4.78 is 0. The molecular formula is C47H30N2S. The number of benzene rings is 7. The Hall–Kier alpha value is -6.03. The number of nitrogens with zero attached hydrogens (tertiary/aromatic N) is 2. The molecule has 1 aliphatic carbocycles. The average Bonchev–Trinajstić information content (AvgIpc) is 3.49. The number of fused-ring (bicyclic) bond motifs is 9. The van der Waals surface area contributed by atoms with Crippen molar-refractivity contribution in [2.75, 3.05) is 0 Å². The second kappa shape index (κ2) is 11.5. The van der Waals surface area contributed by atoms with Gasteiger partial charge in [-0.1, -0.05) is 176 Å². The van der Waals surface area contributed by atoms with Crippen LogP contribution in [-0.2, 0) is 5.41 Å². The number of rotatable bonds is 4. The first-order valence-electron chi connectivity index (χ1n) is 17.0. The lowest BCUT2D eigenvalue weighted by Gasteiger charge is -2.39. The van der Waals surface area contributed by atoms with E-state index in [2.05, 4.69) is 170 Å². The third-order valence-electron chi connectivity index (χ3n) is 10.2. The second-order valence-corrected chi connectivity index (χ2v) is 14.0. The SMILES string of the molecule is c1ccc(-c2cc(-c3ccccc3)nc(-c3ccc(-c4ccc5c(c4)Sc4ccccc4C54c5ccccc5-c5ccccc54)cc3)n2)cc1. The van der Waals surface area contributed by atoms with Gasteiger partial charge in [0.1, 0.15) is 0 Å². The lowest BCUT2D eigenvalue weighted by molar-refractivity contribution is 0.722. The molecule has 0 saturated carbocycles. The van der Waals surface area contributed by atoms with E-state index in [1.807, 2.05) is 23.9 Å². The molecule has 0 unspecified atom stereocenters. The van der Waals surface area contributed by atoms with Crippen molar-refractivity contribution < 1.29 is 0 Å². The minimum atomic E-state index is -0.357. The molecule has 50 heavy (non-hydrogen) atoms. The molecule has 7 aromatic carbocycles. The lowest BCUT2D eigenvalue weighted by atomic mass is 9.67. The molecule has 0 amide bonds. The molecule has 3 heteroatoms. The van der Waals surface area contributed by atoms with Crippen molar-refractivity contribution in [2.24, 2.45) is 0 Å². The molecule has 2 aliphatic rings. The smallest absolute Gasteiger partial charge is 0.160 e. The number of hydrogen-bond donors (Lipinski definition) is 0. The van der Waals surface area contributed by atoms with Crippen LogP contribution in [-0.4, -0.2) is 9.97 Å². The van der Waals surface area contributed by atoms with E-state index < -0.39 is 0 Å². The Morgan fingerprint density at radius 2 is 0.820 bits per heavy atom. The zero-order valence-electron chi connectivity index (χ0n) is 27.1. The molecule has 2 nitrogen and oxygen atoms in total. The molecule has 1 aliphatic heterocycles. The minimum Gasteiger partial charge on any atom is -0.228 e. The minimum absolute atomic E-state index is 0.357. The van der Waals surface area contributed by atoms with Gasteiger partial charge in [0, 0.05) is 26.5 Å². The van der Waals surface area contributed by atoms with Gasteiger partial charge in [0.15, 0.2) is 5.82 Å². The molecule has 0 fully saturated rings. The molecule has 0 bridgehead atoms. The summed E-state index contributed by atoms with van der Waals surface area (Å²) in [6.45, 7) is 0. The molecule has 10 rings (SSSR count). The van der Waals surface area contributed by atoms with E-state index in [1.54, 1.807) is 0 Å². The van der Waals surface area contributed by atoms with Crippen LogP contribution in [0.25, 0.3) is 56.2 Å². The molecule has 8 aromatic rings. The van der Waals surface area contributed by atoms with E-state index in [4.69, 9.17) is 9.97 Å². The van der Waals surface area contributed by atoms with Crippen molar-refractivity contribution in [3.8, 4) is 56.2 Å². The summed E-state index contributed by atoms with van der Waals surface area (Å²) >= 11 is 1.88. The molecular weight excluding hydrogens is 625 g/mol. The Morgan fingerprint density at radius 3 is 1.44 bits per heavy atom. The quantitative estimate of drug-likeness (QED) is 0.189. The zero-order valence-corrected chi connectivity index (χ0v) is 27.9. The van der Waals surface area contributed by atoms with Gasteiger partial charge in [0.25, 0.3) is 0 Å². The summed E-state index contributed by atoms with van der Waals surface area (Å²) in [5.74, 6) is 0.717. The third kappa shape index (κ3) is 4.44. The van der Waals surface area contributed by atoms with Gasteiger partial charge in [0.05, 0.1) is 16.8 Å². The van der Waals surface area contributed by atoms with Crippen LogP contribution < -0.4 is 0 Å². The van der Waals surface area contributed by atoms with Crippen LogP contribution in [0.4, 0.5) is 0 Å². The van der Waals surface area contributed by atoms with Gasteiger partial charge in [0.2, 0.25) is 0 Å². The number of aromatic nitrogens is 2. The first kappa shape index (κ1) is 28.9. The molecule has 0 N–H and O–H groups in total. The van der Waals surface area contributed by atoms with Crippen LogP contribution in [0.2, 0.25) is 0 Å². The van der Waals surface area contributed by atoms with Gasteiger partial charge in [-0.25, -0.2) is 9.97 Å². The number of hydrogen-bond acceptors (Lipinski definition) is 3. The molecule has 0 saturated heterocycles. The van der Waals surface area contributed by atoms with Gasteiger partial charge in [-0.05, 0) is 62.7 Å². The fraction of sp³-hybridized carbons (Fsp3) is 0.0213. The lowest BCUT2D eigenvalue weighted by Crippen LogP contribution is -2.31. The maximum atomic E-state index is 5.04. The molecule has 2 heterocycles. The van der Waals surface area contributed by atoms with Crippen LogP contribution in [0.3, 0.4) is 0 Å². The highest BCUT2D eigenvalue weighted by Gasteiger charge is 2.49. The van der Waals surface area contributed by atoms with Crippen molar-refractivity contribution in [3.63, 3.8) is 0 Å². The Balaban J connectivity index is 1.08. The summed E-state index contributed by atoms with van der Waals surface area (Å²) in [6.07, 6.45) is 0. The van der Waals surface area contributed by atoms with E-state index in [0.29, 0.717) is 0 Å². The highest BCUT2D eigenvalue weighted by Crippen LogP contribution is 2.62. The van der Waals surface area contributed by atoms with Gasteiger partial charge in [-0.2, -0.15) is 0 Å². The maximum Gasteiger partial charge on any atom is 0.160 e. The summed E-state index contributed by atoms with van der Waals surface area (Å²) in [5.41, 5.74) is 15.0. The van der Waals surface area contributed by atoms with E-state index in [0.717, 1.165) is 33.9 Å². The van der Waals surface area contributed by atoms with Crippen molar-refractivity contribution in [1.82, 2.24) is 9.97 Å². The van der Waals surface area contributed by atoms with Crippen LogP contribution >= 0.6 is 11.8 Å². The Morgan fingerprint density at radius 1 is 0.340 bits per heavy atom. The highest BCUT2D eigenvalue weighted by molar-refractivity contribution is 7.99. The van der Waals surface area contributed by atoms with Crippen LogP contribution in [0.15, 0.2) is 192 Å². The normalized spacial score (nSPS) is 13.3. The predicted octanol–water partition coefficient (Wildman–Crippen LogP) is 12.0. The van der Waals surface area contributed by atoms with Gasteiger partial charge in [-0.15, -0.1) is 0 Å². The topological polar surface area (TPSA) is 25.8 Å². The predicted molar refractivity (Wildman–Crippen MR) is 205 cm³/mol. The monoisotopic (exact) mass is 654 g/mol. The second-order valence-electron chi connectivity index (χ2n) is 12.9.